The number of rotatable bonds is 3. The van der Waals surface area contributed by atoms with Crippen LogP contribution in [0.4, 0.5) is 10.2 Å². The van der Waals surface area contributed by atoms with E-state index in [1.165, 1.54) is 6.07 Å². The van der Waals surface area contributed by atoms with E-state index in [9.17, 15) is 9.18 Å². The molecule has 1 amide bonds. The van der Waals surface area contributed by atoms with E-state index in [1.54, 1.807) is 21.3 Å². The molecule has 8 nitrogen and oxygen atoms in total. The van der Waals surface area contributed by atoms with E-state index in [4.69, 9.17) is 0 Å². The van der Waals surface area contributed by atoms with Crippen molar-refractivity contribution in [3.63, 3.8) is 0 Å². The molecule has 4 aromatic heterocycles. The molecule has 2 fully saturated rings. The molecule has 5 heterocycles. The molecular weight excluding hydrogens is 397 g/mol. The smallest absolute Gasteiger partial charge is 0.229 e. The Balaban J connectivity index is 1.33. The number of imidazole rings is 2. The van der Waals surface area contributed by atoms with Crippen LogP contribution in [0.3, 0.4) is 0 Å². The molecule has 4 aromatic rings. The third kappa shape index (κ3) is 3.07. The summed E-state index contributed by atoms with van der Waals surface area (Å²) < 4.78 is 18.2. The minimum atomic E-state index is -0.469. The topological polar surface area (TPSA) is 88.6 Å². The average Bonchev–Trinajstić information content (AvgIpc) is 3.26. The van der Waals surface area contributed by atoms with Gasteiger partial charge < -0.3 is 15.0 Å². The van der Waals surface area contributed by atoms with Crippen molar-refractivity contribution < 1.29 is 9.18 Å². The number of fused-ring (bicyclic) bond motifs is 3. The van der Waals surface area contributed by atoms with Crippen LogP contribution < -0.4 is 10.6 Å². The van der Waals surface area contributed by atoms with E-state index in [2.05, 4.69) is 25.7 Å². The van der Waals surface area contributed by atoms with Gasteiger partial charge in [0.1, 0.15) is 0 Å². The summed E-state index contributed by atoms with van der Waals surface area (Å²) in [5, 5.41) is 10.9. The predicted octanol–water partition coefficient (Wildman–Crippen LogP) is 2.74. The van der Waals surface area contributed by atoms with Crippen LogP contribution in [0.15, 0.2) is 30.7 Å². The standard InChI is InChI=1S/C22H22FN7O/c1-11-5-17(28-30-8-12(2)25-20(11)30)13-6-16(23)21-26-19(10-29(21)9-13)27-22(31)14-3-4-24-18-7-15(14)18/h5-6,8-10,14-15,18,24H,3-4,7H2,1-2H3,(H,27,31)/t14-,15?,18?/m0/s1. The van der Waals surface area contributed by atoms with Gasteiger partial charge in [-0.05, 0) is 56.8 Å². The van der Waals surface area contributed by atoms with Crippen LogP contribution in [0.2, 0.25) is 0 Å². The summed E-state index contributed by atoms with van der Waals surface area (Å²) >= 11 is 0. The summed E-state index contributed by atoms with van der Waals surface area (Å²) in [6.07, 6.45) is 7.14. The van der Waals surface area contributed by atoms with Crippen molar-refractivity contribution in [1.29, 1.82) is 0 Å². The number of carbonyl (C=O) groups is 1. The second kappa shape index (κ2) is 6.58. The molecule has 1 aliphatic carbocycles. The Labute approximate surface area is 177 Å². The number of aryl methyl sites for hydroxylation is 2. The van der Waals surface area contributed by atoms with Crippen molar-refractivity contribution in [2.24, 2.45) is 11.8 Å². The average molecular weight is 419 g/mol. The zero-order chi connectivity index (χ0) is 21.3. The predicted molar refractivity (Wildman–Crippen MR) is 113 cm³/mol. The van der Waals surface area contributed by atoms with Gasteiger partial charge in [0, 0.05) is 23.7 Å². The number of nitrogens with one attached hydrogen (secondary N) is 2. The zero-order valence-electron chi connectivity index (χ0n) is 17.3. The maximum absolute atomic E-state index is 14.9. The summed E-state index contributed by atoms with van der Waals surface area (Å²) in [5.74, 6) is 0.264. The van der Waals surface area contributed by atoms with Gasteiger partial charge >= 0.3 is 0 Å². The minimum Gasteiger partial charge on any atom is -0.314 e. The first-order chi connectivity index (χ1) is 15.0. The number of piperidine rings is 1. The van der Waals surface area contributed by atoms with Gasteiger partial charge in [-0.2, -0.15) is 5.10 Å². The molecule has 2 N–H and O–H groups in total. The van der Waals surface area contributed by atoms with Gasteiger partial charge in [0.05, 0.1) is 23.8 Å². The molecule has 0 bridgehead atoms. The molecule has 6 rings (SSSR count). The highest BCUT2D eigenvalue weighted by atomic mass is 19.1. The maximum Gasteiger partial charge on any atom is 0.229 e. The van der Waals surface area contributed by atoms with Gasteiger partial charge in [0.15, 0.2) is 22.9 Å². The molecular formula is C22H22FN7O. The Kier molecular flexibility index (Phi) is 3.92. The van der Waals surface area contributed by atoms with Crippen molar-refractivity contribution in [3.8, 4) is 11.3 Å². The van der Waals surface area contributed by atoms with Crippen molar-refractivity contribution in [1.82, 2.24) is 29.3 Å². The lowest BCUT2D eigenvalue weighted by atomic mass is 9.96. The molecule has 1 saturated heterocycles. The number of amides is 1. The monoisotopic (exact) mass is 419 g/mol. The highest BCUT2D eigenvalue weighted by Crippen LogP contribution is 2.42. The first-order valence-corrected chi connectivity index (χ1v) is 10.5. The second-order valence-electron chi connectivity index (χ2n) is 8.64. The van der Waals surface area contributed by atoms with Gasteiger partial charge in [0.2, 0.25) is 5.91 Å². The highest BCUT2D eigenvalue weighted by molar-refractivity contribution is 5.92. The number of pyridine rings is 1. The number of hydrogen-bond acceptors (Lipinski definition) is 5. The molecule has 31 heavy (non-hydrogen) atoms. The Morgan fingerprint density at radius 3 is 2.94 bits per heavy atom. The molecule has 2 unspecified atom stereocenters. The molecule has 1 saturated carbocycles. The van der Waals surface area contributed by atoms with E-state index in [0.717, 1.165) is 36.3 Å². The molecule has 9 heteroatoms. The van der Waals surface area contributed by atoms with Gasteiger partial charge in [-0.1, -0.05) is 0 Å². The molecule has 0 radical (unpaired) electrons. The number of hydrogen-bond donors (Lipinski definition) is 2. The van der Waals surface area contributed by atoms with E-state index < -0.39 is 5.82 Å². The van der Waals surface area contributed by atoms with Crippen molar-refractivity contribution in [2.45, 2.75) is 32.7 Å². The van der Waals surface area contributed by atoms with Crippen LogP contribution in [0, 0.1) is 31.5 Å². The third-order valence-corrected chi connectivity index (χ3v) is 6.34. The lowest BCUT2D eigenvalue weighted by Crippen LogP contribution is -2.36. The largest absolute Gasteiger partial charge is 0.314 e. The third-order valence-electron chi connectivity index (χ3n) is 6.34. The number of halogens is 1. The fourth-order valence-electron chi connectivity index (χ4n) is 4.72. The van der Waals surface area contributed by atoms with Crippen molar-refractivity contribution in [2.75, 3.05) is 11.9 Å². The Morgan fingerprint density at radius 2 is 2.06 bits per heavy atom. The quantitative estimate of drug-likeness (QED) is 0.533. The molecule has 3 atom stereocenters. The summed E-state index contributed by atoms with van der Waals surface area (Å²) in [4.78, 5) is 21.5. The maximum atomic E-state index is 14.9. The van der Waals surface area contributed by atoms with Gasteiger partial charge in [-0.25, -0.2) is 18.9 Å². The zero-order valence-corrected chi connectivity index (χ0v) is 17.3. The van der Waals surface area contributed by atoms with Crippen LogP contribution >= 0.6 is 0 Å². The van der Waals surface area contributed by atoms with Crippen LogP contribution in [0.1, 0.15) is 24.1 Å². The van der Waals surface area contributed by atoms with E-state index in [1.807, 2.05) is 26.1 Å². The lowest BCUT2D eigenvalue weighted by molar-refractivity contribution is -0.121. The van der Waals surface area contributed by atoms with Crippen LogP contribution in [-0.2, 0) is 4.79 Å². The molecule has 1 aliphatic heterocycles. The SMILES string of the molecule is Cc1cn2nc(-c3cc(F)c4nc(NC(=O)[C@H]5CCNC6CC65)cn4c3)cc(C)c2n1. The molecule has 0 aromatic carbocycles. The van der Waals surface area contributed by atoms with Crippen LogP contribution in [-0.4, -0.2) is 42.5 Å². The summed E-state index contributed by atoms with van der Waals surface area (Å²) in [5.41, 5.74) is 4.04. The summed E-state index contributed by atoms with van der Waals surface area (Å²) in [6.45, 7) is 4.72. The Hall–Kier alpha value is -3.33. The first-order valence-electron chi connectivity index (χ1n) is 10.5. The summed E-state index contributed by atoms with van der Waals surface area (Å²) in [6, 6.07) is 3.79. The van der Waals surface area contributed by atoms with E-state index >= 15 is 0 Å². The normalized spacial score (nSPS) is 22.6. The first kappa shape index (κ1) is 18.4. The van der Waals surface area contributed by atoms with E-state index in [-0.39, 0.29) is 17.5 Å². The fraction of sp³-hybridized carbons (Fsp3) is 0.364. The van der Waals surface area contributed by atoms with Gasteiger partial charge in [-0.15, -0.1) is 0 Å². The highest BCUT2D eigenvalue weighted by Gasteiger charge is 2.48. The lowest BCUT2D eigenvalue weighted by Gasteiger charge is -2.20. The fourth-order valence-corrected chi connectivity index (χ4v) is 4.72. The summed E-state index contributed by atoms with van der Waals surface area (Å²) in [7, 11) is 0. The molecule has 158 valence electrons. The Bertz CT molecular complexity index is 1360. The van der Waals surface area contributed by atoms with Crippen molar-refractivity contribution in [3.05, 3.63) is 47.8 Å². The van der Waals surface area contributed by atoms with Crippen molar-refractivity contribution >= 4 is 23.0 Å². The van der Waals surface area contributed by atoms with Crippen LogP contribution in [0.5, 0.6) is 0 Å². The second-order valence-corrected chi connectivity index (χ2v) is 8.64. The number of anilines is 1. The molecule has 0 spiro atoms. The Morgan fingerprint density at radius 1 is 1.19 bits per heavy atom. The van der Waals surface area contributed by atoms with Crippen LogP contribution in [0.25, 0.3) is 22.6 Å². The van der Waals surface area contributed by atoms with E-state index in [0.29, 0.717) is 29.0 Å². The molecule has 2 aliphatic rings. The number of nitrogens with zero attached hydrogens (tertiary/aromatic N) is 5. The number of carbonyl (C=O) groups excluding carboxylic acids is 1. The minimum absolute atomic E-state index is 0.00555. The van der Waals surface area contributed by atoms with Gasteiger partial charge in [0.25, 0.3) is 0 Å². The van der Waals surface area contributed by atoms with Gasteiger partial charge in [-0.3, -0.25) is 4.79 Å². The number of aromatic nitrogens is 5.